The van der Waals surface area contributed by atoms with E-state index in [1.54, 1.807) is 0 Å². The van der Waals surface area contributed by atoms with Crippen LogP contribution in [0.5, 0.6) is 0 Å². The van der Waals surface area contributed by atoms with Crippen molar-refractivity contribution in [2.75, 3.05) is 5.75 Å². The number of thioether (sulfide) groups is 1. The second-order valence-electron chi connectivity index (χ2n) is 1.76. The van der Waals surface area contributed by atoms with E-state index in [1.807, 2.05) is 0 Å². The summed E-state index contributed by atoms with van der Waals surface area (Å²) >= 11 is 1.40. The van der Waals surface area contributed by atoms with Crippen LogP contribution in [0.3, 0.4) is 0 Å². The normalized spacial score (nSPS) is 21.4. The van der Waals surface area contributed by atoms with E-state index < -0.39 is 0 Å². The summed E-state index contributed by atoms with van der Waals surface area (Å²) in [5, 5.41) is 5.62. The number of rotatable bonds is 0. The van der Waals surface area contributed by atoms with Crippen molar-refractivity contribution in [1.29, 1.82) is 0 Å². The average Bonchev–Trinajstić information content (AvgIpc) is 2.34. The molecule has 5 heteroatoms. The SMILES string of the molecule is O=C1CSC2=NC=C=NN12. The molecule has 0 unspecified atom stereocenters. The molecule has 0 aromatic heterocycles. The summed E-state index contributed by atoms with van der Waals surface area (Å²) in [4.78, 5) is 14.8. The van der Waals surface area contributed by atoms with Gasteiger partial charge in [0.1, 0.15) is 0 Å². The van der Waals surface area contributed by atoms with Gasteiger partial charge < -0.3 is 0 Å². The Labute approximate surface area is 61.3 Å². The molecule has 0 spiro atoms. The standard InChI is InChI=1S/C5H3N3OS/c9-4-3-10-5-6-1-2-7-8(4)5/h1H,3H2. The van der Waals surface area contributed by atoms with Crippen LogP contribution in [-0.4, -0.2) is 27.7 Å². The second kappa shape index (κ2) is 1.97. The van der Waals surface area contributed by atoms with E-state index in [0.717, 1.165) is 0 Å². The topological polar surface area (TPSA) is 45.0 Å². The highest BCUT2D eigenvalue weighted by Gasteiger charge is 2.28. The van der Waals surface area contributed by atoms with Crippen molar-refractivity contribution in [2.24, 2.45) is 10.1 Å². The molecule has 0 bridgehead atoms. The van der Waals surface area contributed by atoms with Crippen molar-refractivity contribution in [3.05, 3.63) is 6.20 Å². The first kappa shape index (κ1) is 5.70. The third-order valence-electron chi connectivity index (χ3n) is 1.13. The molecule has 2 aliphatic rings. The molecule has 1 amide bonds. The minimum Gasteiger partial charge on any atom is -0.271 e. The van der Waals surface area contributed by atoms with Gasteiger partial charge in [0.25, 0.3) is 5.91 Å². The zero-order chi connectivity index (χ0) is 6.97. The Balaban J connectivity index is 2.43. The average molecular weight is 153 g/mol. The lowest BCUT2D eigenvalue weighted by Crippen LogP contribution is -2.24. The number of carbonyl (C=O) groups is 1. The van der Waals surface area contributed by atoms with Crippen LogP contribution in [0.4, 0.5) is 0 Å². The van der Waals surface area contributed by atoms with Gasteiger partial charge in [0.05, 0.1) is 12.0 Å². The molecule has 0 saturated carbocycles. The number of hydrogen-bond acceptors (Lipinski definition) is 4. The van der Waals surface area contributed by atoms with Gasteiger partial charge in [-0.15, -0.1) is 5.10 Å². The van der Waals surface area contributed by atoms with Crippen LogP contribution in [0.15, 0.2) is 16.3 Å². The molecule has 0 aromatic carbocycles. The van der Waals surface area contributed by atoms with Crippen LogP contribution in [0, 0.1) is 0 Å². The maximum atomic E-state index is 10.9. The Bertz CT molecular complexity index is 277. The summed E-state index contributed by atoms with van der Waals surface area (Å²) in [6, 6.07) is 0. The van der Waals surface area contributed by atoms with Crippen LogP contribution in [0.25, 0.3) is 0 Å². The summed E-state index contributed by atoms with van der Waals surface area (Å²) in [5.41, 5.74) is 0. The fraction of sp³-hybridized carbons (Fsp3) is 0.200. The number of amidine groups is 1. The molecule has 0 aliphatic carbocycles. The predicted molar refractivity (Wildman–Crippen MR) is 38.7 cm³/mol. The molecule has 0 radical (unpaired) electrons. The summed E-state index contributed by atoms with van der Waals surface area (Å²) in [6.45, 7) is 0. The van der Waals surface area contributed by atoms with E-state index in [9.17, 15) is 4.79 Å². The zero-order valence-corrected chi connectivity index (χ0v) is 5.76. The van der Waals surface area contributed by atoms with Crippen molar-refractivity contribution in [3.8, 4) is 0 Å². The van der Waals surface area contributed by atoms with Gasteiger partial charge in [-0.2, -0.15) is 5.01 Å². The van der Waals surface area contributed by atoms with E-state index in [1.165, 1.54) is 23.0 Å². The van der Waals surface area contributed by atoms with Crippen LogP contribution in [0.2, 0.25) is 0 Å². The third kappa shape index (κ3) is 0.683. The molecule has 4 nitrogen and oxygen atoms in total. The highest BCUT2D eigenvalue weighted by Crippen LogP contribution is 2.20. The van der Waals surface area contributed by atoms with Crippen LogP contribution in [0.1, 0.15) is 0 Å². The maximum Gasteiger partial charge on any atom is 0.260 e. The van der Waals surface area contributed by atoms with E-state index in [0.29, 0.717) is 10.9 Å². The van der Waals surface area contributed by atoms with Gasteiger partial charge in [-0.25, -0.2) is 4.99 Å². The minimum atomic E-state index is -0.0237. The molecule has 50 valence electrons. The van der Waals surface area contributed by atoms with Crippen molar-refractivity contribution < 1.29 is 4.79 Å². The molecule has 2 rings (SSSR count). The first-order valence-corrected chi connectivity index (χ1v) is 3.68. The van der Waals surface area contributed by atoms with Crippen molar-refractivity contribution in [2.45, 2.75) is 0 Å². The largest absolute Gasteiger partial charge is 0.271 e. The maximum absolute atomic E-state index is 10.9. The van der Waals surface area contributed by atoms with Crippen LogP contribution < -0.4 is 0 Å². The molecular weight excluding hydrogens is 150 g/mol. The summed E-state index contributed by atoms with van der Waals surface area (Å²) in [7, 11) is 0. The van der Waals surface area contributed by atoms with Gasteiger partial charge in [-0.1, -0.05) is 11.8 Å². The Hall–Kier alpha value is -1.06. The first-order valence-electron chi connectivity index (χ1n) is 2.69. The van der Waals surface area contributed by atoms with Gasteiger partial charge in [0.2, 0.25) is 0 Å². The molecule has 0 aromatic rings. The smallest absolute Gasteiger partial charge is 0.260 e. The number of aliphatic imine (C=N–C) groups is 1. The van der Waals surface area contributed by atoms with E-state index >= 15 is 0 Å². The summed E-state index contributed by atoms with van der Waals surface area (Å²) < 4.78 is 0. The minimum absolute atomic E-state index is 0.0237. The van der Waals surface area contributed by atoms with Gasteiger partial charge >= 0.3 is 0 Å². The lowest BCUT2D eigenvalue weighted by Gasteiger charge is -2.06. The molecular formula is C5H3N3OS. The number of fused-ring (bicyclic) bond motifs is 1. The Kier molecular flexibility index (Phi) is 1.12. The highest BCUT2D eigenvalue weighted by atomic mass is 32.2. The molecule has 1 fully saturated rings. The second-order valence-corrected chi connectivity index (χ2v) is 2.71. The molecule has 10 heavy (non-hydrogen) atoms. The number of amides is 1. The number of hydrazone groups is 1. The number of carbonyl (C=O) groups excluding carboxylic acids is 1. The Morgan fingerprint density at radius 3 is 3.50 bits per heavy atom. The highest BCUT2D eigenvalue weighted by molar-refractivity contribution is 8.15. The van der Waals surface area contributed by atoms with Gasteiger partial charge in [0.15, 0.2) is 5.17 Å². The first-order chi connectivity index (χ1) is 4.88. The Morgan fingerprint density at radius 2 is 2.70 bits per heavy atom. The lowest BCUT2D eigenvalue weighted by molar-refractivity contribution is -0.124. The van der Waals surface area contributed by atoms with E-state index in [2.05, 4.69) is 16.0 Å². The quantitative estimate of drug-likeness (QED) is 0.493. The van der Waals surface area contributed by atoms with Gasteiger partial charge in [-0.3, -0.25) is 4.79 Å². The van der Waals surface area contributed by atoms with Gasteiger partial charge in [0, 0.05) is 5.87 Å². The molecule has 0 N–H and O–H groups in total. The van der Waals surface area contributed by atoms with Crippen LogP contribution in [-0.2, 0) is 4.79 Å². The van der Waals surface area contributed by atoms with Crippen LogP contribution >= 0.6 is 11.8 Å². The lowest BCUT2D eigenvalue weighted by atomic mass is 10.7. The molecule has 2 heterocycles. The number of hydrogen-bond donors (Lipinski definition) is 0. The third-order valence-corrected chi connectivity index (χ3v) is 2.06. The number of nitrogens with zero attached hydrogens (tertiary/aromatic N) is 3. The van der Waals surface area contributed by atoms with Crippen molar-refractivity contribution in [3.63, 3.8) is 0 Å². The summed E-state index contributed by atoms with van der Waals surface area (Å²) in [6.07, 6.45) is 1.46. The molecule has 0 atom stereocenters. The van der Waals surface area contributed by atoms with Crippen molar-refractivity contribution in [1.82, 2.24) is 5.01 Å². The van der Waals surface area contributed by atoms with E-state index in [4.69, 9.17) is 0 Å². The van der Waals surface area contributed by atoms with Crippen molar-refractivity contribution >= 4 is 28.7 Å². The van der Waals surface area contributed by atoms with E-state index in [-0.39, 0.29) is 5.91 Å². The fourth-order valence-corrected chi connectivity index (χ4v) is 1.48. The monoisotopic (exact) mass is 153 g/mol. The van der Waals surface area contributed by atoms with Gasteiger partial charge in [-0.05, 0) is 0 Å². The molecule has 1 saturated heterocycles. The zero-order valence-electron chi connectivity index (χ0n) is 4.94. The predicted octanol–water partition coefficient (Wildman–Crippen LogP) is 0.0298. The Morgan fingerprint density at radius 1 is 1.80 bits per heavy atom. The summed E-state index contributed by atoms with van der Waals surface area (Å²) in [5.74, 6) is 2.91. The molecule has 2 aliphatic heterocycles. The fourth-order valence-electron chi connectivity index (χ4n) is 0.713.